The molecule has 0 fully saturated rings. The zero-order chi connectivity index (χ0) is 8.69. The molecule has 64 valence electrons. The lowest BCUT2D eigenvalue weighted by atomic mass is 10.1. The second-order valence-electron chi connectivity index (χ2n) is 3.41. The van der Waals surface area contributed by atoms with Gasteiger partial charge in [-0.15, -0.1) is 0 Å². The zero-order valence-corrected chi connectivity index (χ0v) is 8.22. The summed E-state index contributed by atoms with van der Waals surface area (Å²) in [5.74, 6) is 0.825. The molecule has 0 saturated carbocycles. The first-order valence-corrected chi connectivity index (χ1v) is 4.46. The molecule has 11 heavy (non-hydrogen) atoms. The van der Waals surface area contributed by atoms with Crippen molar-refractivity contribution in [2.45, 2.75) is 40.5 Å². The molecule has 0 rings (SSSR count). The van der Waals surface area contributed by atoms with E-state index in [4.69, 9.17) is 0 Å². The van der Waals surface area contributed by atoms with Crippen LogP contribution in [0.3, 0.4) is 0 Å². The average molecular weight is 152 g/mol. The van der Waals surface area contributed by atoms with Crippen LogP contribution in [-0.2, 0) is 0 Å². The minimum Gasteiger partial charge on any atom is -0.0847 e. The highest BCUT2D eigenvalue weighted by atomic mass is 13.9. The molecule has 0 N–H and O–H groups in total. The van der Waals surface area contributed by atoms with Crippen molar-refractivity contribution in [3.05, 3.63) is 23.8 Å². The second-order valence-corrected chi connectivity index (χ2v) is 3.41. The maximum Gasteiger partial charge on any atom is -0.0345 e. The van der Waals surface area contributed by atoms with E-state index in [1.54, 1.807) is 0 Å². The molecule has 0 spiro atoms. The van der Waals surface area contributed by atoms with E-state index in [1.807, 2.05) is 0 Å². The van der Waals surface area contributed by atoms with E-state index in [9.17, 15) is 0 Å². The first kappa shape index (κ1) is 10.5. The molecule has 0 atom stereocenters. The van der Waals surface area contributed by atoms with Crippen molar-refractivity contribution in [1.82, 2.24) is 0 Å². The molecule has 0 aliphatic carbocycles. The first-order valence-electron chi connectivity index (χ1n) is 4.46. The lowest BCUT2D eigenvalue weighted by Crippen LogP contribution is -1.83. The van der Waals surface area contributed by atoms with E-state index in [-0.39, 0.29) is 0 Å². The molecule has 0 heteroatoms. The molecule has 0 amide bonds. The molecule has 0 saturated heterocycles. The fraction of sp³-hybridized carbons (Fsp3) is 0.636. The Morgan fingerprint density at radius 3 is 2.45 bits per heavy atom. The molecule has 0 radical (unpaired) electrons. The van der Waals surface area contributed by atoms with E-state index < -0.39 is 0 Å². The van der Waals surface area contributed by atoms with Crippen molar-refractivity contribution in [3.8, 4) is 0 Å². The lowest BCUT2D eigenvalue weighted by molar-refractivity contribution is 0.594. The van der Waals surface area contributed by atoms with Gasteiger partial charge >= 0.3 is 0 Å². The highest BCUT2D eigenvalue weighted by molar-refractivity contribution is 5.14. The van der Waals surface area contributed by atoms with Crippen LogP contribution in [0.1, 0.15) is 40.5 Å². The smallest absolute Gasteiger partial charge is 0.0345 e. The first-order chi connectivity index (χ1) is 5.16. The van der Waals surface area contributed by atoms with Gasteiger partial charge in [-0.3, -0.25) is 0 Å². The summed E-state index contributed by atoms with van der Waals surface area (Å²) in [5.41, 5.74) is 1.36. The van der Waals surface area contributed by atoms with Crippen LogP contribution in [0.15, 0.2) is 23.8 Å². The largest absolute Gasteiger partial charge is 0.0847 e. The van der Waals surface area contributed by atoms with Crippen molar-refractivity contribution in [2.24, 2.45) is 5.92 Å². The minimum atomic E-state index is 0.825. The molecule has 0 aromatic rings. The quantitative estimate of drug-likeness (QED) is 0.535. The Hall–Kier alpha value is -0.520. The third-order valence-electron chi connectivity index (χ3n) is 1.75. The van der Waals surface area contributed by atoms with E-state index in [2.05, 4.69) is 45.9 Å². The number of hydrogen-bond acceptors (Lipinski definition) is 0. The Kier molecular flexibility index (Phi) is 5.91. The molecule has 0 aromatic heterocycles. The normalized spacial score (nSPS) is 13.4. The fourth-order valence-electron chi connectivity index (χ4n) is 0.795. The van der Waals surface area contributed by atoms with Crippen LogP contribution >= 0.6 is 0 Å². The zero-order valence-electron chi connectivity index (χ0n) is 8.22. The van der Waals surface area contributed by atoms with Crippen molar-refractivity contribution in [2.75, 3.05) is 0 Å². The van der Waals surface area contributed by atoms with Gasteiger partial charge < -0.3 is 0 Å². The summed E-state index contributed by atoms with van der Waals surface area (Å²) in [4.78, 5) is 0. The third kappa shape index (κ3) is 7.38. The summed E-state index contributed by atoms with van der Waals surface area (Å²) in [7, 11) is 0. The number of allylic oxidation sites excluding steroid dienone is 4. The molecular weight excluding hydrogens is 132 g/mol. The van der Waals surface area contributed by atoms with Gasteiger partial charge in [0.1, 0.15) is 0 Å². The molecular formula is C11H20. The van der Waals surface area contributed by atoms with Gasteiger partial charge in [-0.25, -0.2) is 0 Å². The van der Waals surface area contributed by atoms with Gasteiger partial charge in [-0.2, -0.15) is 0 Å². The van der Waals surface area contributed by atoms with Crippen LogP contribution in [0, 0.1) is 5.92 Å². The van der Waals surface area contributed by atoms with Crippen molar-refractivity contribution in [3.63, 3.8) is 0 Å². The highest BCUT2D eigenvalue weighted by Gasteiger charge is 1.88. The second kappa shape index (κ2) is 6.21. The molecule has 0 nitrogen and oxygen atoms in total. The number of hydrogen-bond donors (Lipinski definition) is 0. The van der Waals surface area contributed by atoms with E-state index >= 15 is 0 Å². The van der Waals surface area contributed by atoms with E-state index in [0.29, 0.717) is 0 Å². The molecule has 0 bridgehead atoms. The number of rotatable bonds is 4. The van der Waals surface area contributed by atoms with Gasteiger partial charge in [0.15, 0.2) is 0 Å². The minimum absolute atomic E-state index is 0.825. The van der Waals surface area contributed by atoms with Crippen molar-refractivity contribution >= 4 is 0 Å². The standard InChI is InChI=1S/C11H20/c1-5-11(4)9-7-6-8-10(2)3/h5,7,9-10H,6,8H2,1-4H3. The van der Waals surface area contributed by atoms with Crippen LogP contribution in [0.5, 0.6) is 0 Å². The topological polar surface area (TPSA) is 0 Å². The Balaban J connectivity index is 3.45. The van der Waals surface area contributed by atoms with Gasteiger partial charge in [0.05, 0.1) is 0 Å². The monoisotopic (exact) mass is 152 g/mol. The van der Waals surface area contributed by atoms with Gasteiger partial charge in [0, 0.05) is 0 Å². The van der Waals surface area contributed by atoms with E-state index in [0.717, 1.165) is 5.92 Å². The van der Waals surface area contributed by atoms with Crippen LogP contribution < -0.4 is 0 Å². The summed E-state index contributed by atoms with van der Waals surface area (Å²) in [6.07, 6.45) is 9.10. The Labute approximate surface area is 71.0 Å². The van der Waals surface area contributed by atoms with E-state index in [1.165, 1.54) is 18.4 Å². The van der Waals surface area contributed by atoms with Gasteiger partial charge in [0.2, 0.25) is 0 Å². The van der Waals surface area contributed by atoms with Crippen LogP contribution in [-0.4, -0.2) is 0 Å². The molecule has 0 heterocycles. The predicted octanol–water partition coefficient (Wildman–Crippen LogP) is 3.95. The summed E-state index contributed by atoms with van der Waals surface area (Å²) >= 11 is 0. The summed E-state index contributed by atoms with van der Waals surface area (Å²) in [6, 6.07) is 0. The van der Waals surface area contributed by atoms with Gasteiger partial charge in [-0.05, 0) is 32.6 Å². The Bertz CT molecular complexity index is 138. The molecule has 0 aliphatic heterocycles. The van der Waals surface area contributed by atoms with Crippen molar-refractivity contribution < 1.29 is 0 Å². The maximum absolute atomic E-state index is 2.26. The Morgan fingerprint density at radius 2 is 2.00 bits per heavy atom. The lowest BCUT2D eigenvalue weighted by Gasteiger charge is -1.98. The summed E-state index contributed by atoms with van der Waals surface area (Å²) in [5, 5.41) is 0. The van der Waals surface area contributed by atoms with Crippen LogP contribution in [0.25, 0.3) is 0 Å². The average Bonchev–Trinajstić information content (AvgIpc) is 1.97. The molecule has 0 aliphatic rings. The van der Waals surface area contributed by atoms with Crippen LogP contribution in [0.4, 0.5) is 0 Å². The predicted molar refractivity (Wildman–Crippen MR) is 52.6 cm³/mol. The maximum atomic E-state index is 2.26. The molecule has 0 aromatic carbocycles. The van der Waals surface area contributed by atoms with Crippen molar-refractivity contribution in [1.29, 1.82) is 0 Å². The van der Waals surface area contributed by atoms with Gasteiger partial charge in [0.25, 0.3) is 0 Å². The third-order valence-corrected chi connectivity index (χ3v) is 1.75. The van der Waals surface area contributed by atoms with Gasteiger partial charge in [-0.1, -0.05) is 37.6 Å². The molecule has 0 unspecified atom stereocenters. The fourth-order valence-corrected chi connectivity index (χ4v) is 0.795. The van der Waals surface area contributed by atoms with Crippen LogP contribution in [0.2, 0.25) is 0 Å². The summed E-state index contributed by atoms with van der Waals surface area (Å²) < 4.78 is 0. The summed E-state index contributed by atoms with van der Waals surface area (Å²) in [6.45, 7) is 8.72. The Morgan fingerprint density at radius 1 is 1.36 bits per heavy atom. The highest BCUT2D eigenvalue weighted by Crippen LogP contribution is 2.05. The SMILES string of the molecule is CC=C(C)C=CCCC(C)C.